The second-order valence-electron chi connectivity index (χ2n) is 4.25. The summed E-state index contributed by atoms with van der Waals surface area (Å²) in [6.07, 6.45) is 3.71. The highest BCUT2D eigenvalue weighted by atomic mass is 16.4. The molecular formula is C10H15N5O3. The summed E-state index contributed by atoms with van der Waals surface area (Å²) in [6.45, 7) is 1.48. The van der Waals surface area contributed by atoms with Crippen LogP contribution in [0.4, 0.5) is 4.79 Å². The third kappa shape index (κ3) is 3.72. The van der Waals surface area contributed by atoms with E-state index < -0.39 is 5.97 Å². The van der Waals surface area contributed by atoms with E-state index in [1.54, 1.807) is 0 Å². The Balaban J connectivity index is 1.64. The molecule has 2 rings (SSSR count). The maximum absolute atomic E-state index is 11.3. The SMILES string of the molecule is O=C(NCCn1cc(C(=O)O)nn1)NCC1CC1. The molecule has 0 spiro atoms. The van der Waals surface area contributed by atoms with E-state index in [1.807, 2.05) is 0 Å². The molecule has 8 nitrogen and oxygen atoms in total. The van der Waals surface area contributed by atoms with Crippen LogP contribution in [0.5, 0.6) is 0 Å². The summed E-state index contributed by atoms with van der Waals surface area (Å²) in [5, 5.41) is 21.2. The molecule has 0 saturated heterocycles. The van der Waals surface area contributed by atoms with Crippen LogP contribution < -0.4 is 10.6 Å². The van der Waals surface area contributed by atoms with Crippen molar-refractivity contribution in [1.82, 2.24) is 25.6 Å². The summed E-state index contributed by atoms with van der Waals surface area (Å²) >= 11 is 0. The topological polar surface area (TPSA) is 109 Å². The number of hydrogen-bond donors (Lipinski definition) is 3. The quantitative estimate of drug-likeness (QED) is 0.644. The van der Waals surface area contributed by atoms with Crippen molar-refractivity contribution in [3.05, 3.63) is 11.9 Å². The van der Waals surface area contributed by atoms with Crippen molar-refractivity contribution in [3.63, 3.8) is 0 Å². The maximum atomic E-state index is 11.3. The van der Waals surface area contributed by atoms with Gasteiger partial charge >= 0.3 is 12.0 Å². The highest BCUT2D eigenvalue weighted by molar-refractivity contribution is 5.84. The van der Waals surface area contributed by atoms with Crippen molar-refractivity contribution in [2.75, 3.05) is 13.1 Å². The van der Waals surface area contributed by atoms with Crippen molar-refractivity contribution < 1.29 is 14.7 Å². The number of urea groups is 1. The average molecular weight is 253 g/mol. The van der Waals surface area contributed by atoms with Gasteiger partial charge in [0.1, 0.15) is 0 Å². The number of carboxylic acids is 1. The standard InChI is InChI=1S/C10H15N5O3/c16-9(17)8-6-15(14-13-8)4-3-11-10(18)12-5-7-1-2-7/h6-7H,1-5H2,(H,16,17)(H2,11,12,18). The first-order valence-electron chi connectivity index (χ1n) is 5.80. The zero-order chi connectivity index (χ0) is 13.0. The van der Waals surface area contributed by atoms with Crippen molar-refractivity contribution in [2.45, 2.75) is 19.4 Å². The first-order valence-corrected chi connectivity index (χ1v) is 5.80. The average Bonchev–Trinajstić information content (AvgIpc) is 3.04. The Morgan fingerprint density at radius 3 is 2.83 bits per heavy atom. The zero-order valence-corrected chi connectivity index (χ0v) is 9.80. The third-order valence-corrected chi connectivity index (χ3v) is 2.63. The number of nitrogens with zero attached hydrogens (tertiary/aromatic N) is 3. The summed E-state index contributed by atoms with van der Waals surface area (Å²) in [7, 11) is 0. The Morgan fingerprint density at radius 1 is 1.44 bits per heavy atom. The first-order chi connectivity index (χ1) is 8.65. The maximum Gasteiger partial charge on any atom is 0.358 e. The number of amides is 2. The lowest BCUT2D eigenvalue weighted by Crippen LogP contribution is -2.38. The van der Waals surface area contributed by atoms with Crippen LogP contribution in [0.1, 0.15) is 23.3 Å². The van der Waals surface area contributed by atoms with Gasteiger partial charge in [0.25, 0.3) is 0 Å². The van der Waals surface area contributed by atoms with Gasteiger partial charge in [-0.2, -0.15) is 0 Å². The van der Waals surface area contributed by atoms with Crippen LogP contribution in [0.25, 0.3) is 0 Å². The van der Waals surface area contributed by atoms with Gasteiger partial charge in [0.2, 0.25) is 0 Å². The van der Waals surface area contributed by atoms with Crippen LogP contribution in [0.15, 0.2) is 6.20 Å². The van der Waals surface area contributed by atoms with Crippen LogP contribution in [-0.2, 0) is 6.54 Å². The molecule has 18 heavy (non-hydrogen) atoms. The second-order valence-corrected chi connectivity index (χ2v) is 4.25. The third-order valence-electron chi connectivity index (χ3n) is 2.63. The highest BCUT2D eigenvalue weighted by Crippen LogP contribution is 2.27. The van der Waals surface area contributed by atoms with E-state index in [0.29, 0.717) is 19.0 Å². The molecule has 8 heteroatoms. The lowest BCUT2D eigenvalue weighted by molar-refractivity contribution is 0.0690. The Hall–Kier alpha value is -2.12. The fourth-order valence-corrected chi connectivity index (χ4v) is 1.41. The van der Waals surface area contributed by atoms with E-state index in [1.165, 1.54) is 23.7 Å². The van der Waals surface area contributed by atoms with Gasteiger partial charge in [0, 0.05) is 13.1 Å². The molecular weight excluding hydrogens is 238 g/mol. The van der Waals surface area contributed by atoms with E-state index in [2.05, 4.69) is 20.9 Å². The minimum absolute atomic E-state index is 0.104. The Kier molecular flexibility index (Phi) is 3.75. The lowest BCUT2D eigenvalue weighted by Gasteiger charge is -2.06. The number of aromatic carboxylic acids is 1. The van der Waals surface area contributed by atoms with E-state index >= 15 is 0 Å². The van der Waals surface area contributed by atoms with Crippen molar-refractivity contribution in [1.29, 1.82) is 0 Å². The Morgan fingerprint density at radius 2 is 2.22 bits per heavy atom. The molecule has 1 fully saturated rings. The van der Waals surface area contributed by atoms with Crippen LogP contribution in [-0.4, -0.2) is 45.2 Å². The second kappa shape index (κ2) is 5.48. The molecule has 0 aromatic carbocycles. The largest absolute Gasteiger partial charge is 0.476 e. The molecule has 0 bridgehead atoms. The van der Waals surface area contributed by atoms with Gasteiger partial charge in [-0.3, -0.25) is 0 Å². The molecule has 0 atom stereocenters. The lowest BCUT2D eigenvalue weighted by atomic mass is 10.4. The van der Waals surface area contributed by atoms with Crippen LogP contribution in [0.2, 0.25) is 0 Å². The smallest absolute Gasteiger partial charge is 0.358 e. The fraction of sp³-hybridized carbons (Fsp3) is 0.600. The predicted octanol–water partition coefficient (Wildman–Crippen LogP) is -0.315. The summed E-state index contributed by atoms with van der Waals surface area (Å²) in [4.78, 5) is 21.9. The number of hydrogen-bond acceptors (Lipinski definition) is 4. The molecule has 0 radical (unpaired) electrons. The summed E-state index contributed by atoms with van der Waals surface area (Å²) < 4.78 is 1.38. The molecule has 1 aliphatic carbocycles. The first kappa shape index (κ1) is 12.3. The van der Waals surface area contributed by atoms with Gasteiger partial charge in [-0.1, -0.05) is 5.21 Å². The number of carboxylic acid groups (broad SMARTS) is 1. The van der Waals surface area contributed by atoms with Gasteiger partial charge < -0.3 is 15.7 Å². The molecule has 1 aliphatic rings. The molecule has 1 heterocycles. The van der Waals surface area contributed by atoms with Gasteiger partial charge in [-0.25, -0.2) is 14.3 Å². The normalized spacial score (nSPS) is 14.2. The molecule has 1 saturated carbocycles. The summed E-state index contributed by atoms with van der Waals surface area (Å²) in [5.41, 5.74) is -0.104. The molecule has 1 aromatic heterocycles. The zero-order valence-electron chi connectivity index (χ0n) is 9.80. The predicted molar refractivity (Wildman–Crippen MR) is 61.1 cm³/mol. The minimum atomic E-state index is -1.11. The molecule has 0 aliphatic heterocycles. The number of rotatable bonds is 6. The molecule has 0 unspecified atom stereocenters. The van der Waals surface area contributed by atoms with Crippen molar-refractivity contribution in [3.8, 4) is 0 Å². The van der Waals surface area contributed by atoms with E-state index in [0.717, 1.165) is 6.54 Å². The van der Waals surface area contributed by atoms with Crippen LogP contribution >= 0.6 is 0 Å². The van der Waals surface area contributed by atoms with Gasteiger partial charge in [0.05, 0.1) is 12.7 Å². The van der Waals surface area contributed by atoms with Gasteiger partial charge in [-0.15, -0.1) is 5.10 Å². The number of aromatic nitrogens is 3. The van der Waals surface area contributed by atoms with Crippen LogP contribution in [0.3, 0.4) is 0 Å². The number of carbonyl (C=O) groups excluding carboxylic acids is 1. The number of nitrogens with one attached hydrogen (secondary N) is 2. The van der Waals surface area contributed by atoms with Gasteiger partial charge in [-0.05, 0) is 18.8 Å². The van der Waals surface area contributed by atoms with Crippen molar-refractivity contribution in [2.24, 2.45) is 5.92 Å². The fourth-order valence-electron chi connectivity index (χ4n) is 1.41. The summed E-state index contributed by atoms with van der Waals surface area (Å²) in [6, 6.07) is -0.208. The Bertz CT molecular complexity index is 440. The molecule has 2 amide bonds. The monoisotopic (exact) mass is 253 g/mol. The highest BCUT2D eigenvalue weighted by Gasteiger charge is 2.21. The van der Waals surface area contributed by atoms with E-state index in [4.69, 9.17) is 5.11 Å². The number of carbonyl (C=O) groups is 2. The van der Waals surface area contributed by atoms with Crippen LogP contribution in [0, 0.1) is 5.92 Å². The minimum Gasteiger partial charge on any atom is -0.476 e. The molecule has 3 N–H and O–H groups in total. The summed E-state index contributed by atoms with van der Waals surface area (Å²) in [5.74, 6) is -0.472. The molecule has 98 valence electrons. The van der Waals surface area contributed by atoms with E-state index in [-0.39, 0.29) is 11.7 Å². The van der Waals surface area contributed by atoms with E-state index in [9.17, 15) is 9.59 Å². The van der Waals surface area contributed by atoms with Gasteiger partial charge in [0.15, 0.2) is 5.69 Å². The molecule has 1 aromatic rings. The van der Waals surface area contributed by atoms with Crippen molar-refractivity contribution >= 4 is 12.0 Å². The Labute approximate surface area is 103 Å².